The van der Waals surface area contributed by atoms with Crippen LogP contribution in [-0.2, 0) is 63.8 Å². The number of carbonyl (C=O) groups excluding carboxylic acids is 6. The molecule has 6 aromatic rings. The molecule has 1 unspecified atom stereocenters. The maximum absolute atomic E-state index is 14.6. The molecule has 1 amide bonds. The van der Waals surface area contributed by atoms with E-state index in [0.29, 0.717) is 39.3 Å². The number of benzene rings is 5. The molecule has 0 radical (unpaired) electrons. The molecule has 15 nitrogen and oxygen atoms in total. The van der Waals surface area contributed by atoms with Gasteiger partial charge in [0, 0.05) is 51.4 Å². The van der Waals surface area contributed by atoms with Crippen molar-refractivity contribution in [2.75, 3.05) is 11.5 Å². The van der Waals surface area contributed by atoms with Crippen LogP contribution in [0.3, 0.4) is 0 Å². The average molecular weight is 1040 g/mol. The highest BCUT2D eigenvalue weighted by atomic mass is 32.1. The number of amides is 1. The van der Waals surface area contributed by atoms with Crippen molar-refractivity contribution in [2.24, 2.45) is 5.92 Å². The summed E-state index contributed by atoms with van der Waals surface area (Å²) in [6, 6.07) is 35.0. The highest BCUT2D eigenvalue weighted by Gasteiger charge is 2.53. The van der Waals surface area contributed by atoms with E-state index >= 15 is 0 Å². The fraction of sp³-hybridized carbons (Fsp3) is 0.293. The highest BCUT2D eigenvalue weighted by molar-refractivity contribution is 7.10. The summed E-state index contributed by atoms with van der Waals surface area (Å²) in [7, 11) is 0. The number of thiazole rings is 1. The van der Waals surface area contributed by atoms with Gasteiger partial charge in [-0.15, -0.1) is 11.3 Å². The predicted molar refractivity (Wildman–Crippen MR) is 272 cm³/mol. The van der Waals surface area contributed by atoms with Crippen molar-refractivity contribution in [3.63, 3.8) is 0 Å². The summed E-state index contributed by atoms with van der Waals surface area (Å²) in [6.07, 6.45) is -4.85. The van der Waals surface area contributed by atoms with Gasteiger partial charge in [-0.05, 0) is 95.1 Å². The van der Waals surface area contributed by atoms with E-state index in [1.54, 1.807) is 40.9 Å². The zero-order valence-corrected chi connectivity index (χ0v) is 42.5. The molecule has 0 saturated carbocycles. The fourth-order valence-corrected chi connectivity index (χ4v) is 9.77. The van der Waals surface area contributed by atoms with Crippen molar-refractivity contribution in [3.8, 4) is 28.7 Å². The molecule has 2 saturated heterocycles. The van der Waals surface area contributed by atoms with Crippen LogP contribution in [0.1, 0.15) is 98.4 Å². The van der Waals surface area contributed by atoms with Crippen LogP contribution >= 0.6 is 11.3 Å². The first kappa shape index (κ1) is 53.1. The Labute approximate surface area is 436 Å². The lowest BCUT2D eigenvalue weighted by Gasteiger charge is -2.48. The topological polar surface area (TPSA) is 183 Å². The van der Waals surface area contributed by atoms with Crippen LogP contribution in [0.5, 0.6) is 5.75 Å². The lowest BCUT2D eigenvalue weighted by Crippen LogP contribution is -2.59. The van der Waals surface area contributed by atoms with Crippen LogP contribution in [0, 0.1) is 23.6 Å². The van der Waals surface area contributed by atoms with Crippen LogP contribution < -0.4 is 9.64 Å². The summed E-state index contributed by atoms with van der Waals surface area (Å²) in [5.41, 5.74) is 7.04. The van der Waals surface area contributed by atoms with E-state index in [1.807, 2.05) is 84.9 Å². The van der Waals surface area contributed by atoms with Gasteiger partial charge >= 0.3 is 29.8 Å². The molecule has 2 aliphatic heterocycles. The van der Waals surface area contributed by atoms with Crippen LogP contribution in [0.2, 0.25) is 0 Å². The monoisotopic (exact) mass is 1040 g/mol. The third kappa shape index (κ3) is 13.3. The van der Waals surface area contributed by atoms with E-state index in [4.69, 9.17) is 33.2 Å². The Morgan fingerprint density at radius 3 is 2.09 bits per heavy atom. The van der Waals surface area contributed by atoms with Gasteiger partial charge in [0.1, 0.15) is 43.1 Å². The van der Waals surface area contributed by atoms with Crippen molar-refractivity contribution >= 4 is 52.8 Å². The quantitative estimate of drug-likeness (QED) is 0.0364. The number of hydrogen-bond donors (Lipinski definition) is 0. The predicted octanol–water partition coefficient (Wildman–Crippen LogP) is 9.51. The van der Waals surface area contributed by atoms with Gasteiger partial charge < -0.3 is 38.1 Å². The molecular weight excluding hydrogens is 984 g/mol. The molecule has 5 aromatic carbocycles. The van der Waals surface area contributed by atoms with Gasteiger partial charge in [0.2, 0.25) is 5.91 Å². The van der Waals surface area contributed by atoms with Crippen molar-refractivity contribution in [2.45, 2.75) is 96.7 Å². The van der Waals surface area contributed by atoms with E-state index in [0.717, 1.165) is 29.9 Å². The molecule has 0 bridgehead atoms. The second kappa shape index (κ2) is 24.2. The molecule has 75 heavy (non-hydrogen) atoms. The summed E-state index contributed by atoms with van der Waals surface area (Å²) >= 11 is 1.43. The zero-order chi connectivity index (χ0) is 53.2. The van der Waals surface area contributed by atoms with Gasteiger partial charge in [-0.25, -0.2) is 4.39 Å². The van der Waals surface area contributed by atoms with Gasteiger partial charge in [0.05, 0.1) is 28.5 Å². The first-order valence-electron chi connectivity index (χ1n) is 24.1. The Balaban J connectivity index is 1.19. The Kier molecular flexibility index (Phi) is 17.2. The molecule has 8 rings (SSSR count). The van der Waals surface area contributed by atoms with Crippen LogP contribution in [-0.4, -0.2) is 71.8 Å². The second-order valence-electron chi connectivity index (χ2n) is 17.9. The van der Waals surface area contributed by atoms with Crippen LogP contribution in [0.25, 0.3) is 11.1 Å². The Hall–Kier alpha value is -8.20. The minimum absolute atomic E-state index is 0.166. The molecule has 2 aliphatic rings. The van der Waals surface area contributed by atoms with E-state index in [1.165, 1.54) is 44.2 Å². The number of aromatic nitrogens is 1. The zero-order valence-electron chi connectivity index (χ0n) is 41.6. The van der Waals surface area contributed by atoms with Gasteiger partial charge in [-0.1, -0.05) is 78.7 Å². The number of hydrogen-bond acceptors (Lipinski definition) is 15. The van der Waals surface area contributed by atoms with E-state index in [2.05, 4.69) is 16.8 Å². The Bertz CT molecular complexity index is 3090. The van der Waals surface area contributed by atoms with Crippen molar-refractivity contribution < 1.29 is 66.3 Å². The average Bonchev–Trinajstić information content (AvgIpc) is 3.92. The van der Waals surface area contributed by atoms with Gasteiger partial charge in [-0.3, -0.25) is 33.8 Å². The Morgan fingerprint density at radius 1 is 0.733 bits per heavy atom. The number of carbonyl (C=O) groups is 6. The largest absolute Gasteiger partial charge is 0.489 e. The normalized spacial score (nSPS) is 20.3. The van der Waals surface area contributed by atoms with Crippen molar-refractivity contribution in [1.82, 2.24) is 4.98 Å². The van der Waals surface area contributed by atoms with Gasteiger partial charge in [0.15, 0.2) is 18.3 Å². The number of anilines is 1. The second-order valence-corrected chi connectivity index (χ2v) is 18.8. The SMILES string of the molecule is CC(=O)OC[C@H]1OC(c2cccc(-c3ccc([C@@H]4[C@@H](CC[C@H](OC(C)=O)c5ccc(F)cc5)C(=O)N4c4ccc(C#Cc5cncs5)cc4)c(OCc4ccccc4)c3)c2)[C@H](OC(C)=O)[C@@H](OC(C)=O)[C@@H]1OC(C)=O. The molecule has 2 fully saturated rings. The molecule has 3 heterocycles. The first-order chi connectivity index (χ1) is 36.1. The van der Waals surface area contributed by atoms with Gasteiger partial charge in [-0.2, -0.15) is 0 Å². The lowest BCUT2D eigenvalue weighted by atomic mass is 9.77. The Morgan fingerprint density at radius 2 is 1.43 bits per heavy atom. The number of nitrogens with zero attached hydrogens (tertiary/aromatic N) is 2. The van der Waals surface area contributed by atoms with E-state index in [-0.39, 0.29) is 32.0 Å². The number of rotatable bonds is 17. The smallest absolute Gasteiger partial charge is 0.303 e. The van der Waals surface area contributed by atoms with E-state index < -0.39 is 84.2 Å². The summed E-state index contributed by atoms with van der Waals surface area (Å²) in [5, 5.41) is 0. The van der Waals surface area contributed by atoms with Crippen LogP contribution in [0.4, 0.5) is 10.1 Å². The maximum atomic E-state index is 14.6. The summed E-state index contributed by atoms with van der Waals surface area (Å²) in [5.74, 6) is 2.12. The molecule has 8 atom stereocenters. The third-order valence-electron chi connectivity index (χ3n) is 12.5. The van der Waals surface area contributed by atoms with E-state index in [9.17, 15) is 33.2 Å². The minimum atomic E-state index is -1.37. The van der Waals surface area contributed by atoms with Crippen molar-refractivity contribution in [1.29, 1.82) is 0 Å². The molecular formula is C58H53FN2O13S. The number of halogens is 1. The number of ether oxygens (including phenoxy) is 7. The molecule has 0 N–H and O–H groups in total. The molecule has 386 valence electrons. The maximum Gasteiger partial charge on any atom is 0.303 e. The van der Waals surface area contributed by atoms with Crippen LogP contribution in [0.15, 0.2) is 133 Å². The third-order valence-corrected chi connectivity index (χ3v) is 13.2. The summed E-state index contributed by atoms with van der Waals surface area (Å²) in [6.45, 7) is 5.79. The molecule has 0 spiro atoms. The summed E-state index contributed by atoms with van der Waals surface area (Å²) < 4.78 is 55.5. The number of esters is 5. The van der Waals surface area contributed by atoms with Crippen molar-refractivity contribution in [3.05, 3.63) is 172 Å². The first-order valence-corrected chi connectivity index (χ1v) is 25.0. The molecule has 17 heteroatoms. The lowest BCUT2D eigenvalue weighted by molar-refractivity contribution is -0.254. The molecule has 0 aliphatic carbocycles. The highest BCUT2D eigenvalue weighted by Crippen LogP contribution is 2.50. The number of β-lactam (4-membered cyclic amide) rings is 1. The molecule has 1 aromatic heterocycles. The van der Waals surface area contributed by atoms with Gasteiger partial charge in [0.25, 0.3) is 0 Å². The summed E-state index contributed by atoms with van der Waals surface area (Å²) in [4.78, 5) is 83.4. The standard InChI is InChI=1S/C58H53FN2O13S/c1-34(62)68-32-52-55(71-36(3)64)57(73-38(5)66)56(72-37(4)65)54(74-52)44-13-9-12-42(28-44)43-19-25-48(51(29-43)69-31-40-10-7-6-8-11-40)53-49(26-27-50(70-35(2)63)41-17-20-45(59)21-18-41)58(67)61(53)46-22-14-39(15-23-46)16-24-47-30-60-33-75-47/h6-15,17-23,25,28-30,33,49-50,52-57H,26-27,31-32H2,1-5H3/t49-,50+,52-,53-,54?,55-,56+,57+/m1/s1. The minimum Gasteiger partial charge on any atom is -0.489 e. The fourth-order valence-electron chi connectivity index (χ4n) is 9.30.